The van der Waals surface area contributed by atoms with E-state index >= 15 is 0 Å². The Kier molecular flexibility index (Phi) is 6.40. The number of carbonyl (C=O) groups excluding carboxylic acids is 1. The third-order valence-electron chi connectivity index (χ3n) is 4.17. The molecule has 0 saturated carbocycles. The molecule has 0 saturated heterocycles. The Morgan fingerprint density at radius 1 is 1.17 bits per heavy atom. The van der Waals surface area contributed by atoms with Crippen LogP contribution in [-0.2, 0) is 6.42 Å². The van der Waals surface area contributed by atoms with Crippen molar-refractivity contribution in [3.8, 4) is 22.1 Å². The highest BCUT2D eigenvalue weighted by atomic mass is 32.1. The molecule has 1 heterocycles. The zero-order chi connectivity index (χ0) is 20.8. The lowest BCUT2D eigenvalue weighted by atomic mass is 10.2. The molecule has 0 unspecified atom stereocenters. The van der Waals surface area contributed by atoms with Crippen molar-refractivity contribution in [2.45, 2.75) is 6.42 Å². The van der Waals surface area contributed by atoms with Crippen LogP contribution >= 0.6 is 11.3 Å². The number of methoxy groups -OCH3 is 2. The predicted molar refractivity (Wildman–Crippen MR) is 110 cm³/mol. The number of aromatic nitrogens is 1. The standard InChI is InChI=1S/C20H19N3O5S/c1-27-17-7-6-14(11-18(17)28-2)20-22-15(12-29-20)8-9-21-19(24)13-4-3-5-16(10-13)23(25)26/h3-7,10-12H,8-9H2,1-2H3,(H,21,24). The zero-order valence-electron chi connectivity index (χ0n) is 15.9. The number of amides is 1. The fourth-order valence-corrected chi connectivity index (χ4v) is 3.54. The fraction of sp³-hybridized carbons (Fsp3) is 0.200. The Bertz CT molecular complexity index is 1030. The van der Waals surface area contributed by atoms with Gasteiger partial charge >= 0.3 is 0 Å². The van der Waals surface area contributed by atoms with Gasteiger partial charge < -0.3 is 14.8 Å². The number of thiazole rings is 1. The summed E-state index contributed by atoms with van der Waals surface area (Å²) in [5.74, 6) is 0.923. The monoisotopic (exact) mass is 413 g/mol. The fourth-order valence-electron chi connectivity index (χ4n) is 2.69. The predicted octanol–water partition coefficient (Wildman–Crippen LogP) is 3.71. The van der Waals surface area contributed by atoms with E-state index in [0.717, 1.165) is 16.3 Å². The van der Waals surface area contributed by atoms with Gasteiger partial charge in [0, 0.05) is 41.6 Å². The van der Waals surface area contributed by atoms with E-state index in [-0.39, 0.29) is 17.2 Å². The maximum Gasteiger partial charge on any atom is 0.270 e. The minimum absolute atomic E-state index is 0.114. The third-order valence-corrected chi connectivity index (χ3v) is 5.11. The summed E-state index contributed by atoms with van der Waals surface area (Å²) in [5.41, 5.74) is 1.90. The van der Waals surface area contributed by atoms with Crippen molar-refractivity contribution in [3.05, 3.63) is 69.2 Å². The molecule has 0 fully saturated rings. The van der Waals surface area contributed by atoms with E-state index in [9.17, 15) is 14.9 Å². The molecule has 1 N–H and O–H groups in total. The van der Waals surface area contributed by atoms with E-state index in [0.29, 0.717) is 24.5 Å². The van der Waals surface area contributed by atoms with Crippen molar-refractivity contribution in [1.29, 1.82) is 0 Å². The molecule has 0 bridgehead atoms. The van der Waals surface area contributed by atoms with Gasteiger partial charge in [0.1, 0.15) is 5.01 Å². The summed E-state index contributed by atoms with van der Waals surface area (Å²) in [5, 5.41) is 16.4. The lowest BCUT2D eigenvalue weighted by Crippen LogP contribution is -2.25. The summed E-state index contributed by atoms with van der Waals surface area (Å²) in [6, 6.07) is 11.2. The summed E-state index contributed by atoms with van der Waals surface area (Å²) in [6.45, 7) is 0.372. The molecule has 2 aromatic carbocycles. The summed E-state index contributed by atoms with van der Waals surface area (Å²) in [7, 11) is 3.17. The van der Waals surface area contributed by atoms with Gasteiger partial charge in [-0.25, -0.2) is 4.98 Å². The van der Waals surface area contributed by atoms with Crippen LogP contribution in [0, 0.1) is 10.1 Å². The summed E-state index contributed by atoms with van der Waals surface area (Å²) in [4.78, 5) is 27.1. The highest BCUT2D eigenvalue weighted by Crippen LogP contribution is 2.33. The summed E-state index contributed by atoms with van der Waals surface area (Å²) >= 11 is 1.50. The van der Waals surface area contributed by atoms with Crippen LogP contribution in [0.5, 0.6) is 11.5 Å². The van der Waals surface area contributed by atoms with E-state index in [1.54, 1.807) is 20.3 Å². The average molecular weight is 413 g/mol. The minimum atomic E-state index is -0.526. The molecule has 0 aliphatic heterocycles. The Morgan fingerprint density at radius 3 is 2.69 bits per heavy atom. The summed E-state index contributed by atoms with van der Waals surface area (Å²) in [6.07, 6.45) is 0.546. The Morgan fingerprint density at radius 2 is 1.97 bits per heavy atom. The van der Waals surface area contributed by atoms with Gasteiger partial charge in [0.05, 0.1) is 24.8 Å². The molecule has 3 rings (SSSR count). The van der Waals surface area contributed by atoms with Crippen LogP contribution in [0.25, 0.3) is 10.6 Å². The average Bonchev–Trinajstić information content (AvgIpc) is 3.22. The number of hydrogen-bond donors (Lipinski definition) is 1. The molecule has 1 amide bonds. The first-order valence-corrected chi connectivity index (χ1v) is 9.59. The van der Waals surface area contributed by atoms with Gasteiger partial charge in [-0.2, -0.15) is 0 Å². The molecule has 0 aliphatic rings. The molecule has 29 heavy (non-hydrogen) atoms. The molecule has 0 atom stereocenters. The van der Waals surface area contributed by atoms with Crippen LogP contribution in [0.2, 0.25) is 0 Å². The molecule has 0 spiro atoms. The van der Waals surface area contributed by atoms with E-state index < -0.39 is 4.92 Å². The Hall–Kier alpha value is -3.46. The van der Waals surface area contributed by atoms with Gasteiger partial charge in [-0.3, -0.25) is 14.9 Å². The minimum Gasteiger partial charge on any atom is -0.493 e. The van der Waals surface area contributed by atoms with E-state index in [4.69, 9.17) is 9.47 Å². The molecule has 150 valence electrons. The van der Waals surface area contributed by atoms with Crippen LogP contribution < -0.4 is 14.8 Å². The first-order valence-electron chi connectivity index (χ1n) is 8.71. The van der Waals surface area contributed by atoms with Gasteiger partial charge in [-0.15, -0.1) is 11.3 Å². The number of hydrogen-bond acceptors (Lipinski definition) is 7. The van der Waals surface area contributed by atoms with Gasteiger partial charge in [0.15, 0.2) is 11.5 Å². The molecule has 1 aromatic heterocycles. The highest BCUT2D eigenvalue weighted by Gasteiger charge is 2.12. The molecular weight excluding hydrogens is 394 g/mol. The van der Waals surface area contributed by atoms with Crippen molar-refractivity contribution in [2.24, 2.45) is 0 Å². The Labute approximate surface area is 171 Å². The van der Waals surface area contributed by atoms with Gasteiger partial charge in [-0.1, -0.05) is 6.07 Å². The quantitative estimate of drug-likeness (QED) is 0.446. The highest BCUT2D eigenvalue weighted by molar-refractivity contribution is 7.13. The van der Waals surface area contributed by atoms with E-state index in [1.807, 2.05) is 23.6 Å². The van der Waals surface area contributed by atoms with Crippen molar-refractivity contribution in [3.63, 3.8) is 0 Å². The van der Waals surface area contributed by atoms with E-state index in [1.165, 1.54) is 29.5 Å². The lowest BCUT2D eigenvalue weighted by molar-refractivity contribution is -0.384. The number of nitrogens with zero attached hydrogens (tertiary/aromatic N) is 2. The second-order valence-electron chi connectivity index (χ2n) is 6.03. The van der Waals surface area contributed by atoms with Crippen LogP contribution in [0.1, 0.15) is 16.1 Å². The van der Waals surface area contributed by atoms with Crippen LogP contribution in [0.15, 0.2) is 47.8 Å². The maximum absolute atomic E-state index is 12.2. The number of rotatable bonds is 8. The molecule has 8 nitrogen and oxygen atoms in total. The topological polar surface area (TPSA) is 104 Å². The third kappa shape index (κ3) is 4.88. The number of ether oxygens (including phenoxy) is 2. The second-order valence-corrected chi connectivity index (χ2v) is 6.89. The zero-order valence-corrected chi connectivity index (χ0v) is 16.7. The molecule has 9 heteroatoms. The summed E-state index contributed by atoms with van der Waals surface area (Å²) < 4.78 is 10.6. The second kappa shape index (κ2) is 9.16. The van der Waals surface area contributed by atoms with Gasteiger partial charge in [0.25, 0.3) is 11.6 Å². The first-order chi connectivity index (χ1) is 14.0. The smallest absolute Gasteiger partial charge is 0.270 e. The molecule has 0 radical (unpaired) electrons. The number of benzene rings is 2. The van der Waals surface area contributed by atoms with Gasteiger partial charge in [0.2, 0.25) is 0 Å². The Balaban J connectivity index is 1.60. The number of nitro groups is 1. The van der Waals surface area contributed by atoms with E-state index in [2.05, 4.69) is 10.3 Å². The largest absolute Gasteiger partial charge is 0.493 e. The van der Waals surface area contributed by atoms with Crippen molar-refractivity contribution in [2.75, 3.05) is 20.8 Å². The van der Waals surface area contributed by atoms with Crippen molar-refractivity contribution >= 4 is 22.9 Å². The number of nitrogens with one attached hydrogen (secondary N) is 1. The normalized spacial score (nSPS) is 10.4. The lowest BCUT2D eigenvalue weighted by Gasteiger charge is -2.08. The number of carbonyl (C=O) groups is 1. The molecule has 0 aliphatic carbocycles. The first kappa shape index (κ1) is 20.3. The number of nitro benzene ring substituents is 1. The van der Waals surface area contributed by atoms with Crippen LogP contribution in [0.3, 0.4) is 0 Å². The molecule has 3 aromatic rings. The van der Waals surface area contributed by atoms with Crippen molar-refractivity contribution < 1.29 is 19.2 Å². The SMILES string of the molecule is COc1ccc(-c2nc(CCNC(=O)c3cccc([N+](=O)[O-])c3)cs2)cc1OC. The van der Waals surface area contributed by atoms with Crippen molar-refractivity contribution in [1.82, 2.24) is 10.3 Å². The molecular formula is C20H19N3O5S. The van der Waals surface area contributed by atoms with Crippen LogP contribution in [-0.4, -0.2) is 36.6 Å². The van der Waals surface area contributed by atoms with Crippen LogP contribution in [0.4, 0.5) is 5.69 Å². The maximum atomic E-state index is 12.2. The van der Waals surface area contributed by atoms with Gasteiger partial charge in [-0.05, 0) is 24.3 Å². The number of non-ortho nitro benzene ring substituents is 1.